The van der Waals surface area contributed by atoms with Gasteiger partial charge in [0, 0.05) is 11.2 Å². The number of hydrogen-bond donors (Lipinski definition) is 1. The topological polar surface area (TPSA) is 60.2 Å². The molecule has 0 spiro atoms. The van der Waals surface area contributed by atoms with E-state index in [2.05, 4.69) is 0 Å². The van der Waals surface area contributed by atoms with Crippen molar-refractivity contribution < 1.29 is 8.42 Å². The maximum atomic E-state index is 11.5. The molecule has 0 saturated carbocycles. The van der Waals surface area contributed by atoms with Gasteiger partial charge >= 0.3 is 0 Å². The van der Waals surface area contributed by atoms with Gasteiger partial charge in [-0.3, -0.25) is 0 Å². The summed E-state index contributed by atoms with van der Waals surface area (Å²) in [5.41, 5.74) is 6.40. The molecule has 0 aromatic heterocycles. The zero-order chi connectivity index (χ0) is 11.5. The van der Waals surface area contributed by atoms with E-state index in [4.69, 9.17) is 5.73 Å². The van der Waals surface area contributed by atoms with Gasteiger partial charge in [0.1, 0.15) is 0 Å². The molecule has 0 unspecified atom stereocenters. The van der Waals surface area contributed by atoms with Crippen LogP contribution in [0.1, 0.15) is 5.56 Å². The van der Waals surface area contributed by atoms with Crippen LogP contribution in [0, 0.1) is 0 Å². The minimum Gasteiger partial charge on any atom is -0.330 e. The molecule has 1 rings (SSSR count). The molecule has 0 fully saturated rings. The number of thioether (sulfide) groups is 1. The standard InChI is InChI=1S/C10H15NO2S2/c1-14-9-4-3-8(5-6-11)7-10(9)15(2,12)13/h3-4,7H,5-6,11H2,1-2H3. The molecule has 1 aromatic carbocycles. The molecule has 0 aliphatic carbocycles. The van der Waals surface area contributed by atoms with Gasteiger partial charge in [0.25, 0.3) is 0 Å². The molecule has 5 heteroatoms. The lowest BCUT2D eigenvalue weighted by molar-refractivity contribution is 0.599. The highest BCUT2D eigenvalue weighted by molar-refractivity contribution is 7.99. The smallest absolute Gasteiger partial charge is 0.176 e. The molecular formula is C10H15NO2S2. The van der Waals surface area contributed by atoms with Gasteiger partial charge in [-0.05, 0) is 36.9 Å². The quantitative estimate of drug-likeness (QED) is 0.813. The highest BCUT2D eigenvalue weighted by Gasteiger charge is 2.13. The van der Waals surface area contributed by atoms with Gasteiger partial charge in [0.05, 0.1) is 4.90 Å². The molecular weight excluding hydrogens is 230 g/mol. The van der Waals surface area contributed by atoms with Gasteiger partial charge < -0.3 is 5.73 Å². The lowest BCUT2D eigenvalue weighted by atomic mass is 10.1. The molecule has 3 nitrogen and oxygen atoms in total. The third-order valence-corrected chi connectivity index (χ3v) is 4.12. The summed E-state index contributed by atoms with van der Waals surface area (Å²) in [4.78, 5) is 1.19. The molecule has 2 N–H and O–H groups in total. The van der Waals surface area contributed by atoms with Gasteiger partial charge in [0.15, 0.2) is 9.84 Å². The second-order valence-electron chi connectivity index (χ2n) is 3.30. The second-order valence-corrected chi connectivity index (χ2v) is 6.13. The Morgan fingerprint density at radius 1 is 1.40 bits per heavy atom. The third-order valence-electron chi connectivity index (χ3n) is 2.06. The van der Waals surface area contributed by atoms with E-state index in [1.54, 1.807) is 6.07 Å². The van der Waals surface area contributed by atoms with Gasteiger partial charge in [-0.25, -0.2) is 8.42 Å². The van der Waals surface area contributed by atoms with E-state index in [9.17, 15) is 8.42 Å². The summed E-state index contributed by atoms with van der Waals surface area (Å²) < 4.78 is 23.0. The molecule has 0 amide bonds. The van der Waals surface area contributed by atoms with Crippen molar-refractivity contribution >= 4 is 21.6 Å². The Bertz CT molecular complexity index is 441. The van der Waals surface area contributed by atoms with Crippen LogP contribution in [0.4, 0.5) is 0 Å². The summed E-state index contributed by atoms with van der Waals surface area (Å²) in [5, 5.41) is 0. The van der Waals surface area contributed by atoms with Crippen molar-refractivity contribution in [1.29, 1.82) is 0 Å². The van der Waals surface area contributed by atoms with E-state index in [-0.39, 0.29) is 0 Å². The molecule has 15 heavy (non-hydrogen) atoms. The average Bonchev–Trinajstić information content (AvgIpc) is 2.17. The van der Waals surface area contributed by atoms with Crippen molar-refractivity contribution in [2.24, 2.45) is 5.73 Å². The first kappa shape index (κ1) is 12.5. The molecule has 0 saturated heterocycles. The van der Waals surface area contributed by atoms with Crippen LogP contribution in [0.3, 0.4) is 0 Å². The van der Waals surface area contributed by atoms with Crippen molar-refractivity contribution in [2.45, 2.75) is 16.2 Å². The number of benzene rings is 1. The minimum absolute atomic E-state index is 0.404. The van der Waals surface area contributed by atoms with E-state index in [1.165, 1.54) is 18.0 Å². The van der Waals surface area contributed by atoms with E-state index < -0.39 is 9.84 Å². The van der Waals surface area contributed by atoms with Crippen LogP contribution in [0.15, 0.2) is 28.0 Å². The number of nitrogens with two attached hydrogens (primary N) is 1. The first-order valence-corrected chi connectivity index (χ1v) is 7.67. The fraction of sp³-hybridized carbons (Fsp3) is 0.400. The Morgan fingerprint density at radius 2 is 2.07 bits per heavy atom. The van der Waals surface area contributed by atoms with Crippen LogP contribution in [0.5, 0.6) is 0 Å². The molecule has 0 radical (unpaired) electrons. The third kappa shape index (κ3) is 3.22. The summed E-state index contributed by atoms with van der Waals surface area (Å²) in [7, 11) is -3.15. The monoisotopic (exact) mass is 245 g/mol. The Hall–Kier alpha value is -0.520. The molecule has 0 heterocycles. The van der Waals surface area contributed by atoms with E-state index in [0.717, 1.165) is 10.5 Å². The van der Waals surface area contributed by atoms with Crippen molar-refractivity contribution in [2.75, 3.05) is 19.1 Å². The van der Waals surface area contributed by atoms with Crippen molar-refractivity contribution in [3.63, 3.8) is 0 Å². The van der Waals surface area contributed by atoms with Gasteiger partial charge in [0.2, 0.25) is 0 Å². The molecule has 0 bridgehead atoms. The summed E-state index contributed by atoms with van der Waals surface area (Å²) in [6.45, 7) is 0.530. The normalized spacial score (nSPS) is 11.7. The van der Waals surface area contributed by atoms with Crippen molar-refractivity contribution in [3.05, 3.63) is 23.8 Å². The molecule has 1 aromatic rings. The number of rotatable bonds is 4. The largest absolute Gasteiger partial charge is 0.330 e. The van der Waals surface area contributed by atoms with Crippen LogP contribution in [0.25, 0.3) is 0 Å². The van der Waals surface area contributed by atoms with E-state index >= 15 is 0 Å². The maximum absolute atomic E-state index is 11.5. The Labute approximate surface area is 95.0 Å². The van der Waals surface area contributed by atoms with E-state index in [0.29, 0.717) is 17.9 Å². The molecule has 0 aliphatic heterocycles. The second kappa shape index (κ2) is 5.01. The van der Waals surface area contributed by atoms with Gasteiger partial charge in [-0.1, -0.05) is 6.07 Å². The lowest BCUT2D eigenvalue weighted by Gasteiger charge is -2.07. The van der Waals surface area contributed by atoms with Crippen molar-refractivity contribution in [1.82, 2.24) is 0 Å². The predicted molar refractivity (Wildman–Crippen MR) is 64.1 cm³/mol. The van der Waals surface area contributed by atoms with Gasteiger partial charge in [-0.15, -0.1) is 11.8 Å². The predicted octanol–water partition coefficient (Wildman–Crippen LogP) is 1.31. The number of hydrogen-bond acceptors (Lipinski definition) is 4. The lowest BCUT2D eigenvalue weighted by Crippen LogP contribution is -2.05. The van der Waals surface area contributed by atoms with Crippen LogP contribution in [0.2, 0.25) is 0 Å². The first-order valence-electron chi connectivity index (χ1n) is 4.56. The highest BCUT2D eigenvalue weighted by Crippen LogP contribution is 2.25. The fourth-order valence-electron chi connectivity index (χ4n) is 1.33. The van der Waals surface area contributed by atoms with Crippen LogP contribution < -0.4 is 5.73 Å². The molecule has 84 valence electrons. The van der Waals surface area contributed by atoms with Crippen LogP contribution in [-0.4, -0.2) is 27.5 Å². The highest BCUT2D eigenvalue weighted by atomic mass is 32.2. The molecule has 0 atom stereocenters. The summed E-state index contributed by atoms with van der Waals surface area (Å²) in [6.07, 6.45) is 3.80. The minimum atomic E-state index is -3.15. The first-order chi connectivity index (χ1) is 6.99. The Kier molecular flexibility index (Phi) is 4.19. The van der Waals surface area contributed by atoms with Crippen LogP contribution in [-0.2, 0) is 16.3 Å². The van der Waals surface area contributed by atoms with E-state index in [1.807, 2.05) is 18.4 Å². The zero-order valence-electron chi connectivity index (χ0n) is 8.86. The Balaban J connectivity index is 3.26. The fourth-order valence-corrected chi connectivity index (χ4v) is 3.30. The molecule has 0 aliphatic rings. The van der Waals surface area contributed by atoms with Gasteiger partial charge in [-0.2, -0.15) is 0 Å². The SMILES string of the molecule is CSc1ccc(CCN)cc1S(C)(=O)=O. The van der Waals surface area contributed by atoms with Crippen LogP contribution >= 0.6 is 11.8 Å². The summed E-state index contributed by atoms with van der Waals surface area (Å²) in [6, 6.07) is 5.48. The Morgan fingerprint density at radius 3 is 2.53 bits per heavy atom. The zero-order valence-corrected chi connectivity index (χ0v) is 10.5. The summed E-state index contributed by atoms with van der Waals surface area (Å²) in [5.74, 6) is 0. The average molecular weight is 245 g/mol. The maximum Gasteiger partial charge on any atom is 0.176 e. The van der Waals surface area contributed by atoms with Crippen molar-refractivity contribution in [3.8, 4) is 0 Å². The number of sulfone groups is 1. The summed E-state index contributed by atoms with van der Waals surface area (Å²) >= 11 is 1.44.